The summed E-state index contributed by atoms with van der Waals surface area (Å²) >= 11 is 5.39. The minimum Gasteiger partial charge on any atom is -0.135 e. The Labute approximate surface area is 101 Å². The van der Waals surface area contributed by atoms with E-state index in [9.17, 15) is 0 Å². The van der Waals surface area contributed by atoms with Crippen molar-refractivity contribution in [3.63, 3.8) is 0 Å². The smallest absolute Gasteiger partial charge is 0.0384 e. The molecule has 0 aliphatic carbocycles. The number of benzene rings is 2. The number of aryl methyl sites for hydroxylation is 1. The van der Waals surface area contributed by atoms with Crippen LogP contribution in [0, 0.1) is 6.92 Å². The van der Waals surface area contributed by atoms with E-state index in [1.54, 1.807) is 0 Å². The first-order chi connectivity index (χ1) is 7.25. The van der Waals surface area contributed by atoms with Crippen LogP contribution in [0.1, 0.15) is 5.56 Å². The fourth-order valence-corrected chi connectivity index (χ4v) is 3.64. The first-order valence-corrected chi connectivity index (χ1v) is 6.44. The zero-order valence-electron chi connectivity index (χ0n) is 8.25. The molecular weight excluding hydrogens is 268 g/mol. The van der Waals surface area contributed by atoms with Gasteiger partial charge < -0.3 is 0 Å². The molecule has 0 fully saturated rings. The topological polar surface area (TPSA) is 0 Å². The van der Waals surface area contributed by atoms with Gasteiger partial charge in [0.05, 0.1) is 0 Å². The van der Waals surface area contributed by atoms with E-state index in [1.807, 2.05) is 11.3 Å². The van der Waals surface area contributed by atoms with Gasteiger partial charge in [-0.25, -0.2) is 0 Å². The molecule has 74 valence electrons. The van der Waals surface area contributed by atoms with Gasteiger partial charge in [-0.1, -0.05) is 40.2 Å². The van der Waals surface area contributed by atoms with Gasteiger partial charge in [-0.3, -0.25) is 0 Å². The number of halogens is 1. The van der Waals surface area contributed by atoms with Crippen LogP contribution in [0.4, 0.5) is 0 Å². The molecule has 0 atom stereocenters. The number of hydrogen-bond acceptors (Lipinski definition) is 1. The molecule has 0 nitrogen and oxygen atoms in total. The molecule has 15 heavy (non-hydrogen) atoms. The van der Waals surface area contributed by atoms with Crippen LogP contribution in [-0.2, 0) is 0 Å². The Morgan fingerprint density at radius 3 is 2.80 bits per heavy atom. The minimum absolute atomic E-state index is 1.15. The molecular formula is C13H9BrS. The third-order valence-electron chi connectivity index (χ3n) is 2.66. The first-order valence-electron chi connectivity index (χ1n) is 4.83. The van der Waals surface area contributed by atoms with Crippen LogP contribution in [0.5, 0.6) is 0 Å². The Morgan fingerprint density at radius 2 is 1.93 bits per heavy atom. The maximum absolute atomic E-state index is 3.51. The quantitative estimate of drug-likeness (QED) is 0.534. The van der Waals surface area contributed by atoms with E-state index in [4.69, 9.17) is 0 Å². The van der Waals surface area contributed by atoms with Crippen molar-refractivity contribution in [2.75, 3.05) is 0 Å². The van der Waals surface area contributed by atoms with E-state index < -0.39 is 0 Å². The molecule has 1 heterocycles. The van der Waals surface area contributed by atoms with Gasteiger partial charge in [0.25, 0.3) is 0 Å². The third-order valence-corrected chi connectivity index (χ3v) is 4.45. The molecule has 0 saturated heterocycles. The molecule has 0 aliphatic heterocycles. The predicted molar refractivity (Wildman–Crippen MR) is 71.8 cm³/mol. The predicted octanol–water partition coefficient (Wildman–Crippen LogP) is 5.13. The highest BCUT2D eigenvalue weighted by Gasteiger charge is 2.06. The van der Waals surface area contributed by atoms with E-state index in [2.05, 4.69) is 59.3 Å². The molecule has 0 N–H and O–H groups in total. The lowest BCUT2D eigenvalue weighted by Crippen LogP contribution is -1.70. The zero-order valence-corrected chi connectivity index (χ0v) is 10.7. The standard InChI is InChI=1S/C13H9BrS/c1-8-3-2-4-11-10-6-5-9(14)7-12(10)15-13(8)11/h2-7H,1H3. The molecule has 0 unspecified atom stereocenters. The third kappa shape index (κ3) is 1.40. The van der Waals surface area contributed by atoms with Crippen molar-refractivity contribution in [2.24, 2.45) is 0 Å². The van der Waals surface area contributed by atoms with Gasteiger partial charge in [0.15, 0.2) is 0 Å². The molecule has 0 radical (unpaired) electrons. The minimum atomic E-state index is 1.15. The van der Waals surface area contributed by atoms with Crippen LogP contribution in [0.2, 0.25) is 0 Å². The Bertz CT molecular complexity index is 652. The van der Waals surface area contributed by atoms with Crippen LogP contribution in [0.25, 0.3) is 20.2 Å². The lowest BCUT2D eigenvalue weighted by Gasteiger charge is -1.94. The average Bonchev–Trinajstić information content (AvgIpc) is 2.57. The fourth-order valence-electron chi connectivity index (χ4n) is 1.91. The number of rotatable bonds is 0. The van der Waals surface area contributed by atoms with E-state index in [0.717, 1.165) is 4.47 Å². The van der Waals surface area contributed by atoms with Crippen molar-refractivity contribution in [1.29, 1.82) is 0 Å². The Balaban J connectivity index is 2.57. The van der Waals surface area contributed by atoms with Crippen molar-refractivity contribution in [2.45, 2.75) is 6.92 Å². The van der Waals surface area contributed by atoms with E-state index in [1.165, 1.54) is 25.7 Å². The molecule has 0 bridgehead atoms. The van der Waals surface area contributed by atoms with Crippen molar-refractivity contribution in [3.05, 3.63) is 46.4 Å². The summed E-state index contributed by atoms with van der Waals surface area (Å²) in [6, 6.07) is 13.0. The van der Waals surface area contributed by atoms with Crippen LogP contribution in [0.3, 0.4) is 0 Å². The van der Waals surface area contributed by atoms with Gasteiger partial charge in [-0.2, -0.15) is 0 Å². The van der Waals surface area contributed by atoms with Crippen molar-refractivity contribution < 1.29 is 0 Å². The summed E-state index contributed by atoms with van der Waals surface area (Å²) in [5.74, 6) is 0. The van der Waals surface area contributed by atoms with Gasteiger partial charge in [0.2, 0.25) is 0 Å². The summed E-state index contributed by atoms with van der Waals surface area (Å²) in [5, 5.41) is 2.74. The summed E-state index contributed by atoms with van der Waals surface area (Å²) in [5.41, 5.74) is 1.37. The second-order valence-electron chi connectivity index (χ2n) is 3.69. The molecule has 1 aromatic heterocycles. The molecule has 3 aromatic rings. The average molecular weight is 277 g/mol. The largest absolute Gasteiger partial charge is 0.135 e. The van der Waals surface area contributed by atoms with Gasteiger partial charge in [-0.05, 0) is 24.6 Å². The number of thiophene rings is 1. The summed E-state index contributed by atoms with van der Waals surface area (Å²) in [6.07, 6.45) is 0. The van der Waals surface area contributed by atoms with Gasteiger partial charge in [0.1, 0.15) is 0 Å². The van der Waals surface area contributed by atoms with Crippen molar-refractivity contribution in [1.82, 2.24) is 0 Å². The molecule has 0 amide bonds. The maximum atomic E-state index is 3.51. The van der Waals surface area contributed by atoms with E-state index >= 15 is 0 Å². The normalized spacial score (nSPS) is 11.3. The summed E-state index contributed by atoms with van der Waals surface area (Å²) in [4.78, 5) is 0. The number of fused-ring (bicyclic) bond motifs is 3. The highest BCUT2D eigenvalue weighted by atomic mass is 79.9. The monoisotopic (exact) mass is 276 g/mol. The highest BCUT2D eigenvalue weighted by Crippen LogP contribution is 2.36. The van der Waals surface area contributed by atoms with Gasteiger partial charge in [-0.15, -0.1) is 11.3 Å². The molecule has 3 rings (SSSR count). The Morgan fingerprint density at radius 1 is 1.07 bits per heavy atom. The van der Waals surface area contributed by atoms with Crippen molar-refractivity contribution >= 4 is 47.4 Å². The molecule has 0 spiro atoms. The summed E-state index contributed by atoms with van der Waals surface area (Å²) in [7, 11) is 0. The van der Waals surface area contributed by atoms with Crippen LogP contribution in [-0.4, -0.2) is 0 Å². The molecule has 0 aliphatic rings. The van der Waals surface area contributed by atoms with Gasteiger partial charge >= 0.3 is 0 Å². The lowest BCUT2D eigenvalue weighted by atomic mass is 10.1. The van der Waals surface area contributed by atoms with Crippen LogP contribution in [0.15, 0.2) is 40.9 Å². The van der Waals surface area contributed by atoms with Crippen LogP contribution >= 0.6 is 27.3 Å². The van der Waals surface area contributed by atoms with E-state index in [0.29, 0.717) is 0 Å². The van der Waals surface area contributed by atoms with Crippen molar-refractivity contribution in [3.8, 4) is 0 Å². The van der Waals surface area contributed by atoms with Gasteiger partial charge in [0, 0.05) is 24.6 Å². The molecule has 0 saturated carbocycles. The lowest BCUT2D eigenvalue weighted by molar-refractivity contribution is 1.56. The molecule has 2 heteroatoms. The Hall–Kier alpha value is -0.860. The number of hydrogen-bond donors (Lipinski definition) is 0. The summed E-state index contributed by atoms with van der Waals surface area (Å²) < 4.78 is 3.92. The summed E-state index contributed by atoms with van der Waals surface area (Å²) in [6.45, 7) is 2.17. The Kier molecular flexibility index (Phi) is 2.08. The first kappa shape index (κ1) is 9.37. The zero-order chi connectivity index (χ0) is 10.4. The second kappa shape index (κ2) is 3.32. The fraction of sp³-hybridized carbons (Fsp3) is 0.0769. The van der Waals surface area contributed by atoms with Crippen LogP contribution < -0.4 is 0 Å². The SMILES string of the molecule is Cc1cccc2c1sc1cc(Br)ccc12. The highest BCUT2D eigenvalue weighted by molar-refractivity contribution is 9.10. The maximum Gasteiger partial charge on any atom is 0.0384 e. The second-order valence-corrected chi connectivity index (χ2v) is 5.66. The molecule has 2 aromatic carbocycles. The van der Waals surface area contributed by atoms with E-state index in [-0.39, 0.29) is 0 Å².